The number of ether oxygens (including phenoxy) is 3. The Morgan fingerprint density at radius 1 is 1.24 bits per heavy atom. The minimum absolute atomic E-state index is 0.219. The molecule has 1 aliphatic heterocycles. The van der Waals surface area contributed by atoms with Gasteiger partial charge in [0.2, 0.25) is 0 Å². The minimum Gasteiger partial charge on any atom is -0.382 e. The number of hydrogen-bond acceptors (Lipinski definition) is 4. The molecule has 1 saturated carbocycles. The van der Waals surface area contributed by atoms with Crippen molar-refractivity contribution in [1.29, 1.82) is 0 Å². The summed E-state index contributed by atoms with van der Waals surface area (Å²) in [5, 5.41) is 3.60. The Hall–Kier alpha value is -0.160. The normalized spacial score (nSPS) is 24.5. The summed E-state index contributed by atoms with van der Waals surface area (Å²) in [5.41, 5.74) is 0. The van der Waals surface area contributed by atoms with Crippen LogP contribution in [0.4, 0.5) is 0 Å². The molecule has 1 heterocycles. The third-order valence-electron chi connectivity index (χ3n) is 3.66. The van der Waals surface area contributed by atoms with Crippen molar-refractivity contribution in [1.82, 2.24) is 5.32 Å². The molecular formula is C13H25NO3. The van der Waals surface area contributed by atoms with E-state index in [1.807, 2.05) is 6.92 Å². The average molecular weight is 243 g/mol. The van der Waals surface area contributed by atoms with Crippen LogP contribution in [0.3, 0.4) is 0 Å². The molecule has 1 aliphatic carbocycles. The lowest BCUT2D eigenvalue weighted by Crippen LogP contribution is -2.42. The molecule has 1 saturated heterocycles. The van der Waals surface area contributed by atoms with Gasteiger partial charge in [0.15, 0.2) is 5.79 Å². The van der Waals surface area contributed by atoms with E-state index in [1.54, 1.807) is 0 Å². The van der Waals surface area contributed by atoms with E-state index in [1.165, 1.54) is 0 Å². The predicted molar refractivity (Wildman–Crippen MR) is 66.0 cm³/mol. The van der Waals surface area contributed by atoms with Gasteiger partial charge >= 0.3 is 0 Å². The fourth-order valence-corrected chi connectivity index (χ4v) is 2.67. The fraction of sp³-hybridized carbons (Fsp3) is 1.00. The molecule has 100 valence electrons. The Labute approximate surface area is 104 Å². The SMILES string of the molecule is CCOCCCNC1CCC2(CC1)OCCO2. The van der Waals surface area contributed by atoms with Crippen molar-refractivity contribution in [2.24, 2.45) is 0 Å². The van der Waals surface area contributed by atoms with Crippen LogP contribution in [-0.2, 0) is 14.2 Å². The highest BCUT2D eigenvalue weighted by Gasteiger charge is 2.39. The van der Waals surface area contributed by atoms with Gasteiger partial charge in [-0.05, 0) is 32.7 Å². The van der Waals surface area contributed by atoms with Crippen LogP contribution in [0.2, 0.25) is 0 Å². The highest BCUT2D eigenvalue weighted by atomic mass is 16.7. The molecule has 0 bridgehead atoms. The van der Waals surface area contributed by atoms with Gasteiger partial charge in [0.1, 0.15) is 0 Å². The smallest absolute Gasteiger partial charge is 0.168 e. The van der Waals surface area contributed by atoms with E-state index < -0.39 is 0 Å². The molecule has 1 spiro atoms. The van der Waals surface area contributed by atoms with Crippen molar-refractivity contribution in [3.8, 4) is 0 Å². The second-order valence-corrected chi connectivity index (χ2v) is 4.89. The second kappa shape index (κ2) is 6.69. The van der Waals surface area contributed by atoms with Crippen LogP contribution >= 0.6 is 0 Å². The first-order valence-corrected chi connectivity index (χ1v) is 6.94. The Balaban J connectivity index is 1.56. The van der Waals surface area contributed by atoms with Crippen molar-refractivity contribution < 1.29 is 14.2 Å². The van der Waals surface area contributed by atoms with Gasteiger partial charge in [0, 0.05) is 32.1 Å². The third-order valence-corrected chi connectivity index (χ3v) is 3.66. The van der Waals surface area contributed by atoms with E-state index in [-0.39, 0.29) is 5.79 Å². The first-order valence-electron chi connectivity index (χ1n) is 6.94. The van der Waals surface area contributed by atoms with Gasteiger partial charge in [-0.1, -0.05) is 0 Å². The molecule has 2 fully saturated rings. The van der Waals surface area contributed by atoms with Crippen LogP contribution in [0.5, 0.6) is 0 Å². The zero-order valence-corrected chi connectivity index (χ0v) is 10.9. The first-order chi connectivity index (χ1) is 8.35. The quantitative estimate of drug-likeness (QED) is 0.721. The number of rotatable bonds is 6. The molecule has 4 heteroatoms. The van der Waals surface area contributed by atoms with E-state index in [2.05, 4.69) is 5.32 Å². The van der Waals surface area contributed by atoms with Crippen LogP contribution in [0, 0.1) is 0 Å². The van der Waals surface area contributed by atoms with Crippen LogP contribution in [0.25, 0.3) is 0 Å². The summed E-state index contributed by atoms with van der Waals surface area (Å²) in [6.07, 6.45) is 5.50. The Kier molecular flexibility index (Phi) is 5.22. The maximum Gasteiger partial charge on any atom is 0.168 e. The third kappa shape index (κ3) is 3.91. The zero-order valence-electron chi connectivity index (χ0n) is 10.9. The van der Waals surface area contributed by atoms with Gasteiger partial charge in [-0.15, -0.1) is 0 Å². The van der Waals surface area contributed by atoms with Gasteiger partial charge < -0.3 is 19.5 Å². The molecule has 0 aromatic rings. The molecule has 0 unspecified atom stereocenters. The Morgan fingerprint density at radius 2 is 1.94 bits per heavy atom. The summed E-state index contributed by atoms with van der Waals surface area (Å²) in [7, 11) is 0. The lowest BCUT2D eigenvalue weighted by atomic mass is 9.90. The van der Waals surface area contributed by atoms with Crippen LogP contribution in [0.15, 0.2) is 0 Å². The number of hydrogen-bond donors (Lipinski definition) is 1. The lowest BCUT2D eigenvalue weighted by Gasteiger charge is -2.35. The largest absolute Gasteiger partial charge is 0.382 e. The predicted octanol–water partition coefficient (Wildman–Crippen LogP) is 1.69. The molecule has 0 amide bonds. The lowest BCUT2D eigenvalue weighted by molar-refractivity contribution is -0.179. The molecule has 0 aromatic heterocycles. The topological polar surface area (TPSA) is 39.7 Å². The molecule has 17 heavy (non-hydrogen) atoms. The van der Waals surface area contributed by atoms with E-state index >= 15 is 0 Å². The molecule has 2 aliphatic rings. The monoisotopic (exact) mass is 243 g/mol. The van der Waals surface area contributed by atoms with E-state index in [9.17, 15) is 0 Å². The summed E-state index contributed by atoms with van der Waals surface area (Å²) < 4.78 is 16.8. The first kappa shape index (κ1) is 13.3. The zero-order chi connectivity index (χ0) is 12.0. The molecule has 4 nitrogen and oxygen atoms in total. The molecule has 0 aromatic carbocycles. The fourth-order valence-electron chi connectivity index (χ4n) is 2.67. The average Bonchev–Trinajstić information content (AvgIpc) is 2.80. The summed E-state index contributed by atoms with van der Waals surface area (Å²) >= 11 is 0. The van der Waals surface area contributed by atoms with Crippen molar-refractivity contribution in [3.05, 3.63) is 0 Å². The standard InChI is InChI=1S/C13H25NO3/c1-2-15-9-3-8-14-12-4-6-13(7-5-12)16-10-11-17-13/h12,14H,2-11H2,1H3. The van der Waals surface area contributed by atoms with Crippen LogP contribution in [0.1, 0.15) is 39.0 Å². The molecule has 0 radical (unpaired) electrons. The van der Waals surface area contributed by atoms with E-state index in [4.69, 9.17) is 14.2 Å². The summed E-state index contributed by atoms with van der Waals surface area (Å²) in [5.74, 6) is -0.219. The van der Waals surface area contributed by atoms with Crippen molar-refractivity contribution >= 4 is 0 Å². The van der Waals surface area contributed by atoms with Crippen LogP contribution in [-0.4, -0.2) is 44.8 Å². The Bertz CT molecular complexity index is 207. The van der Waals surface area contributed by atoms with Gasteiger partial charge in [0.25, 0.3) is 0 Å². The van der Waals surface area contributed by atoms with Crippen molar-refractivity contribution in [3.63, 3.8) is 0 Å². The maximum absolute atomic E-state index is 5.72. The highest BCUT2D eigenvalue weighted by Crippen LogP contribution is 2.35. The van der Waals surface area contributed by atoms with Crippen LogP contribution < -0.4 is 5.32 Å². The molecule has 0 atom stereocenters. The Morgan fingerprint density at radius 3 is 2.59 bits per heavy atom. The number of nitrogens with one attached hydrogen (secondary N) is 1. The van der Waals surface area contributed by atoms with Crippen molar-refractivity contribution in [2.75, 3.05) is 33.0 Å². The molecule has 2 rings (SSSR count). The minimum atomic E-state index is -0.219. The van der Waals surface area contributed by atoms with Gasteiger partial charge in [-0.25, -0.2) is 0 Å². The van der Waals surface area contributed by atoms with Crippen molar-refractivity contribution in [2.45, 2.75) is 50.9 Å². The van der Waals surface area contributed by atoms with Gasteiger partial charge in [0.05, 0.1) is 13.2 Å². The van der Waals surface area contributed by atoms with Gasteiger partial charge in [-0.2, -0.15) is 0 Å². The maximum atomic E-state index is 5.72. The van der Waals surface area contributed by atoms with Gasteiger partial charge in [-0.3, -0.25) is 0 Å². The summed E-state index contributed by atoms with van der Waals surface area (Å²) in [6, 6.07) is 0.634. The highest BCUT2D eigenvalue weighted by molar-refractivity contribution is 4.85. The van der Waals surface area contributed by atoms with E-state index in [0.717, 1.165) is 65.1 Å². The molecule has 1 N–H and O–H groups in total. The summed E-state index contributed by atoms with van der Waals surface area (Å²) in [6.45, 7) is 6.32. The molecular weight excluding hydrogens is 218 g/mol. The second-order valence-electron chi connectivity index (χ2n) is 4.89. The summed E-state index contributed by atoms with van der Waals surface area (Å²) in [4.78, 5) is 0. The van der Waals surface area contributed by atoms with E-state index in [0.29, 0.717) is 6.04 Å².